The van der Waals surface area contributed by atoms with Crippen LogP contribution in [-0.4, -0.2) is 36.1 Å². The van der Waals surface area contributed by atoms with Gasteiger partial charge >= 0.3 is 0 Å². The summed E-state index contributed by atoms with van der Waals surface area (Å²) in [6.45, 7) is 3.91. The third kappa shape index (κ3) is 2.47. The Labute approximate surface area is 88.7 Å². The van der Waals surface area contributed by atoms with Crippen LogP contribution >= 0.6 is 0 Å². The second-order valence-electron chi connectivity index (χ2n) is 3.60. The van der Waals surface area contributed by atoms with Crippen LogP contribution in [0.5, 0.6) is 0 Å². The van der Waals surface area contributed by atoms with Crippen molar-refractivity contribution in [2.45, 2.75) is 6.42 Å². The van der Waals surface area contributed by atoms with Crippen molar-refractivity contribution in [2.75, 3.05) is 42.5 Å². The molecule has 0 aliphatic carbocycles. The highest BCUT2D eigenvalue weighted by Gasteiger charge is 2.11. The first-order valence-electron chi connectivity index (χ1n) is 5.11. The lowest BCUT2D eigenvalue weighted by atomic mass is 10.4. The minimum absolute atomic E-state index is 0.238. The number of anilines is 3. The third-order valence-corrected chi connectivity index (χ3v) is 2.41. The normalized spacial score (nSPS) is 17.5. The van der Waals surface area contributed by atoms with E-state index in [0.717, 1.165) is 38.4 Å². The Kier molecular flexibility index (Phi) is 2.86. The molecule has 0 bridgehead atoms. The predicted octanol–water partition coefficient (Wildman–Crippen LogP) is -0.559. The average Bonchev–Trinajstić information content (AvgIpc) is 2.43. The molecule has 6 heteroatoms. The van der Waals surface area contributed by atoms with E-state index in [4.69, 9.17) is 11.5 Å². The molecular weight excluding hydrogens is 192 g/mol. The van der Waals surface area contributed by atoms with Crippen molar-refractivity contribution in [3.8, 4) is 0 Å². The molecule has 0 aromatic carbocycles. The number of nitrogens with zero attached hydrogens (tertiary/aromatic N) is 3. The van der Waals surface area contributed by atoms with E-state index in [2.05, 4.69) is 20.2 Å². The Morgan fingerprint density at radius 2 is 2.07 bits per heavy atom. The molecule has 1 aromatic heterocycles. The quantitative estimate of drug-likeness (QED) is 0.573. The molecule has 1 aliphatic rings. The van der Waals surface area contributed by atoms with Crippen molar-refractivity contribution in [3.05, 3.63) is 6.07 Å². The summed E-state index contributed by atoms with van der Waals surface area (Å²) in [4.78, 5) is 10.2. The standard InChI is InChI=1S/C9H16N6/c10-7-6-8(14-9(11)13-7)15-4-1-2-12-3-5-15/h6,12H,1-5H2,(H4,10,11,13,14). The summed E-state index contributed by atoms with van der Waals surface area (Å²) in [6.07, 6.45) is 1.10. The zero-order valence-corrected chi connectivity index (χ0v) is 8.61. The Bertz CT molecular complexity index is 311. The van der Waals surface area contributed by atoms with Gasteiger partial charge in [-0.1, -0.05) is 0 Å². The summed E-state index contributed by atoms with van der Waals surface area (Å²) in [6, 6.07) is 1.77. The minimum atomic E-state index is 0.238. The van der Waals surface area contributed by atoms with Gasteiger partial charge in [0.25, 0.3) is 0 Å². The molecule has 82 valence electrons. The lowest BCUT2D eigenvalue weighted by Gasteiger charge is -2.21. The maximum atomic E-state index is 5.63. The van der Waals surface area contributed by atoms with Crippen LogP contribution in [0.4, 0.5) is 17.6 Å². The Balaban J connectivity index is 2.19. The molecule has 5 N–H and O–H groups in total. The van der Waals surface area contributed by atoms with Crippen molar-refractivity contribution in [3.63, 3.8) is 0 Å². The number of nitrogens with one attached hydrogen (secondary N) is 1. The Morgan fingerprint density at radius 1 is 1.20 bits per heavy atom. The summed E-state index contributed by atoms with van der Waals surface area (Å²) in [5.41, 5.74) is 11.2. The van der Waals surface area contributed by atoms with Crippen LogP contribution in [0, 0.1) is 0 Å². The van der Waals surface area contributed by atoms with Crippen LogP contribution in [0.2, 0.25) is 0 Å². The van der Waals surface area contributed by atoms with Crippen LogP contribution in [0.25, 0.3) is 0 Å². The van der Waals surface area contributed by atoms with Gasteiger partial charge in [0.1, 0.15) is 11.6 Å². The van der Waals surface area contributed by atoms with E-state index in [1.54, 1.807) is 6.07 Å². The highest BCUT2D eigenvalue weighted by molar-refractivity contribution is 5.50. The molecule has 0 unspecified atom stereocenters. The van der Waals surface area contributed by atoms with Gasteiger partial charge in [0.05, 0.1) is 0 Å². The first kappa shape index (κ1) is 9.97. The molecule has 0 saturated carbocycles. The van der Waals surface area contributed by atoms with Crippen LogP contribution < -0.4 is 21.7 Å². The lowest BCUT2D eigenvalue weighted by Crippen LogP contribution is -2.29. The van der Waals surface area contributed by atoms with Gasteiger partial charge < -0.3 is 21.7 Å². The number of hydrogen-bond acceptors (Lipinski definition) is 6. The van der Waals surface area contributed by atoms with E-state index >= 15 is 0 Å². The van der Waals surface area contributed by atoms with Crippen molar-refractivity contribution < 1.29 is 0 Å². The monoisotopic (exact) mass is 208 g/mol. The van der Waals surface area contributed by atoms with E-state index < -0.39 is 0 Å². The number of hydrogen-bond donors (Lipinski definition) is 3. The number of aromatic nitrogens is 2. The van der Waals surface area contributed by atoms with Crippen LogP contribution in [0.15, 0.2) is 6.07 Å². The van der Waals surface area contributed by atoms with Gasteiger partial charge in [-0.25, -0.2) is 0 Å². The molecule has 2 rings (SSSR count). The van der Waals surface area contributed by atoms with E-state index in [-0.39, 0.29) is 5.95 Å². The molecule has 2 heterocycles. The Hall–Kier alpha value is -1.56. The number of rotatable bonds is 1. The van der Waals surface area contributed by atoms with Crippen LogP contribution in [-0.2, 0) is 0 Å². The smallest absolute Gasteiger partial charge is 0.223 e. The fourth-order valence-corrected chi connectivity index (χ4v) is 1.71. The Morgan fingerprint density at radius 3 is 2.87 bits per heavy atom. The second-order valence-corrected chi connectivity index (χ2v) is 3.60. The van der Waals surface area contributed by atoms with Crippen molar-refractivity contribution in [1.29, 1.82) is 0 Å². The summed E-state index contributed by atoms with van der Waals surface area (Å²) < 4.78 is 0. The van der Waals surface area contributed by atoms with Gasteiger partial charge in [0.2, 0.25) is 5.95 Å². The molecule has 0 radical (unpaired) electrons. The molecular formula is C9H16N6. The largest absolute Gasteiger partial charge is 0.383 e. The fourth-order valence-electron chi connectivity index (χ4n) is 1.71. The molecule has 0 atom stereocenters. The topological polar surface area (TPSA) is 93.1 Å². The van der Waals surface area contributed by atoms with Gasteiger partial charge in [-0.05, 0) is 13.0 Å². The molecule has 0 amide bonds. The van der Waals surface area contributed by atoms with Crippen LogP contribution in [0.1, 0.15) is 6.42 Å². The molecule has 1 fully saturated rings. The molecule has 0 spiro atoms. The van der Waals surface area contributed by atoms with E-state index in [0.29, 0.717) is 5.82 Å². The zero-order valence-electron chi connectivity index (χ0n) is 8.61. The highest BCUT2D eigenvalue weighted by atomic mass is 15.2. The first-order valence-corrected chi connectivity index (χ1v) is 5.11. The maximum Gasteiger partial charge on any atom is 0.223 e. The van der Waals surface area contributed by atoms with Crippen LogP contribution in [0.3, 0.4) is 0 Å². The SMILES string of the molecule is Nc1cc(N2CCCNCC2)nc(N)n1. The average molecular weight is 208 g/mol. The zero-order chi connectivity index (χ0) is 10.7. The minimum Gasteiger partial charge on any atom is -0.383 e. The third-order valence-electron chi connectivity index (χ3n) is 2.41. The van der Waals surface area contributed by atoms with E-state index in [9.17, 15) is 0 Å². The van der Waals surface area contributed by atoms with Gasteiger partial charge in [-0.2, -0.15) is 9.97 Å². The molecule has 6 nitrogen and oxygen atoms in total. The summed E-state index contributed by atoms with van der Waals surface area (Å²) in [7, 11) is 0. The molecule has 1 aliphatic heterocycles. The van der Waals surface area contributed by atoms with Crippen molar-refractivity contribution >= 4 is 17.6 Å². The molecule has 1 saturated heterocycles. The lowest BCUT2D eigenvalue weighted by molar-refractivity contribution is 0.724. The van der Waals surface area contributed by atoms with E-state index in [1.165, 1.54) is 0 Å². The van der Waals surface area contributed by atoms with Gasteiger partial charge in [0, 0.05) is 25.7 Å². The summed E-state index contributed by atoms with van der Waals surface area (Å²) >= 11 is 0. The van der Waals surface area contributed by atoms with Crippen molar-refractivity contribution in [1.82, 2.24) is 15.3 Å². The number of nitrogen functional groups attached to an aromatic ring is 2. The second kappa shape index (κ2) is 4.31. The van der Waals surface area contributed by atoms with Gasteiger partial charge in [-0.15, -0.1) is 0 Å². The maximum absolute atomic E-state index is 5.63. The molecule has 15 heavy (non-hydrogen) atoms. The first-order chi connectivity index (χ1) is 7.25. The van der Waals surface area contributed by atoms with Crippen molar-refractivity contribution in [2.24, 2.45) is 0 Å². The number of nitrogens with two attached hydrogens (primary N) is 2. The highest BCUT2D eigenvalue weighted by Crippen LogP contribution is 2.15. The summed E-state index contributed by atoms with van der Waals surface area (Å²) in [5.74, 6) is 1.49. The van der Waals surface area contributed by atoms with Gasteiger partial charge in [-0.3, -0.25) is 0 Å². The van der Waals surface area contributed by atoms with Gasteiger partial charge in [0.15, 0.2) is 0 Å². The van der Waals surface area contributed by atoms with E-state index in [1.807, 2.05) is 0 Å². The molecule has 1 aromatic rings. The fraction of sp³-hybridized carbons (Fsp3) is 0.556. The predicted molar refractivity (Wildman–Crippen MR) is 60.6 cm³/mol. The summed E-state index contributed by atoms with van der Waals surface area (Å²) in [5, 5.41) is 3.33.